The topological polar surface area (TPSA) is 54.2 Å². The van der Waals surface area contributed by atoms with Crippen molar-refractivity contribution in [2.24, 2.45) is 0 Å². The van der Waals surface area contributed by atoms with Crippen molar-refractivity contribution < 1.29 is 4.42 Å². The molecule has 0 fully saturated rings. The predicted molar refractivity (Wildman–Crippen MR) is 84.3 cm³/mol. The maximum Gasteiger partial charge on any atom is 0.208 e. The molecule has 0 bridgehead atoms. The second kappa shape index (κ2) is 6.26. The Balaban J connectivity index is 1.85. The smallest absolute Gasteiger partial charge is 0.208 e. The Morgan fingerprint density at radius 1 is 1.10 bits per heavy atom. The molecule has 0 saturated heterocycles. The van der Waals surface area contributed by atoms with Gasteiger partial charge in [-0.1, -0.05) is 26.8 Å². The molecule has 2 rings (SSSR count). The molecule has 0 saturated carbocycles. The minimum Gasteiger partial charge on any atom is -0.444 e. The van der Waals surface area contributed by atoms with E-state index in [1.807, 2.05) is 37.5 Å². The van der Waals surface area contributed by atoms with Crippen LogP contribution in [-0.2, 0) is 18.5 Å². The summed E-state index contributed by atoms with van der Waals surface area (Å²) < 4.78 is 5.74. The second-order valence-electron chi connectivity index (χ2n) is 6.39. The lowest BCUT2D eigenvalue weighted by Gasteiger charge is -2.13. The Bertz CT molecular complexity index is 567. The highest BCUT2D eigenvalue weighted by atomic mass is 16.4. The number of aromatic nitrogens is 2. The minimum atomic E-state index is -0.00280. The first-order chi connectivity index (χ1) is 9.86. The third-order valence-electron chi connectivity index (χ3n) is 3.17. The highest BCUT2D eigenvalue weighted by Gasteiger charge is 2.18. The second-order valence-corrected chi connectivity index (χ2v) is 6.39. The van der Waals surface area contributed by atoms with E-state index in [4.69, 9.17) is 4.42 Å². The number of pyridine rings is 1. The highest BCUT2D eigenvalue weighted by Crippen LogP contribution is 2.22. The summed E-state index contributed by atoms with van der Waals surface area (Å²) in [4.78, 5) is 10.7. The Hall–Kier alpha value is -1.88. The van der Waals surface area contributed by atoms with Gasteiger partial charge in [0, 0.05) is 32.3 Å². The molecule has 114 valence electrons. The van der Waals surface area contributed by atoms with Crippen LogP contribution in [0.1, 0.15) is 38.0 Å². The van der Waals surface area contributed by atoms with Gasteiger partial charge in [-0.3, -0.25) is 0 Å². The van der Waals surface area contributed by atoms with Gasteiger partial charge in [0.25, 0.3) is 0 Å². The molecule has 2 aromatic heterocycles. The molecule has 0 aromatic carbocycles. The third kappa shape index (κ3) is 4.29. The van der Waals surface area contributed by atoms with Crippen LogP contribution in [0.3, 0.4) is 0 Å². The van der Waals surface area contributed by atoms with E-state index >= 15 is 0 Å². The zero-order valence-corrected chi connectivity index (χ0v) is 13.5. The number of nitrogens with one attached hydrogen (secondary N) is 1. The largest absolute Gasteiger partial charge is 0.444 e. The van der Waals surface area contributed by atoms with E-state index in [1.165, 1.54) is 0 Å². The van der Waals surface area contributed by atoms with E-state index in [0.29, 0.717) is 6.54 Å². The maximum absolute atomic E-state index is 5.74. The van der Waals surface area contributed by atoms with Gasteiger partial charge in [-0.2, -0.15) is 0 Å². The van der Waals surface area contributed by atoms with E-state index in [0.717, 1.165) is 29.6 Å². The highest BCUT2D eigenvalue weighted by molar-refractivity contribution is 5.37. The van der Waals surface area contributed by atoms with Gasteiger partial charge in [-0.05, 0) is 11.6 Å². The van der Waals surface area contributed by atoms with Crippen LogP contribution in [0.15, 0.2) is 28.9 Å². The minimum absolute atomic E-state index is 0.00280. The van der Waals surface area contributed by atoms with Gasteiger partial charge < -0.3 is 14.6 Å². The first-order valence-electron chi connectivity index (χ1n) is 7.14. The van der Waals surface area contributed by atoms with E-state index in [-0.39, 0.29) is 5.41 Å². The summed E-state index contributed by atoms with van der Waals surface area (Å²) in [5.74, 6) is 2.59. The Morgan fingerprint density at radius 3 is 2.38 bits per heavy atom. The molecular formula is C16H24N4O. The lowest BCUT2D eigenvalue weighted by atomic mass is 9.94. The molecule has 21 heavy (non-hydrogen) atoms. The van der Waals surface area contributed by atoms with Crippen LogP contribution in [0, 0.1) is 0 Å². The zero-order chi connectivity index (χ0) is 15.5. The van der Waals surface area contributed by atoms with Crippen LogP contribution in [0.25, 0.3) is 0 Å². The fourth-order valence-corrected chi connectivity index (χ4v) is 1.84. The summed E-state index contributed by atoms with van der Waals surface area (Å²) in [6, 6.07) is 4.09. The molecule has 0 amide bonds. The average Bonchev–Trinajstić information content (AvgIpc) is 2.88. The fourth-order valence-electron chi connectivity index (χ4n) is 1.84. The summed E-state index contributed by atoms with van der Waals surface area (Å²) >= 11 is 0. The monoisotopic (exact) mass is 288 g/mol. The number of oxazole rings is 1. The van der Waals surface area contributed by atoms with Crippen molar-refractivity contribution in [3.63, 3.8) is 0 Å². The van der Waals surface area contributed by atoms with E-state index in [9.17, 15) is 0 Å². The van der Waals surface area contributed by atoms with Crippen molar-refractivity contribution in [2.45, 2.75) is 39.3 Å². The molecule has 0 unspecified atom stereocenters. The summed E-state index contributed by atoms with van der Waals surface area (Å²) in [5.41, 5.74) is 1.14. The first-order valence-corrected chi connectivity index (χ1v) is 7.14. The molecule has 2 aromatic rings. The molecule has 0 spiro atoms. The van der Waals surface area contributed by atoms with Crippen LogP contribution < -0.4 is 10.2 Å². The summed E-state index contributed by atoms with van der Waals surface area (Å²) in [6.07, 6.45) is 3.70. The molecule has 5 nitrogen and oxygen atoms in total. The van der Waals surface area contributed by atoms with Crippen molar-refractivity contribution in [3.8, 4) is 0 Å². The molecule has 1 N–H and O–H groups in total. The number of hydrogen-bond donors (Lipinski definition) is 1. The SMILES string of the molecule is CN(C)c1ccc(CNCc2ncc(C(C)(C)C)o2)cn1. The van der Waals surface area contributed by atoms with Crippen molar-refractivity contribution in [2.75, 3.05) is 19.0 Å². The van der Waals surface area contributed by atoms with Crippen LogP contribution >= 0.6 is 0 Å². The quantitative estimate of drug-likeness (QED) is 0.917. The lowest BCUT2D eigenvalue weighted by molar-refractivity contribution is 0.374. The summed E-state index contributed by atoms with van der Waals surface area (Å²) in [5, 5.41) is 3.32. The molecule has 0 atom stereocenters. The van der Waals surface area contributed by atoms with Gasteiger partial charge >= 0.3 is 0 Å². The molecule has 5 heteroatoms. The molecular weight excluding hydrogens is 264 g/mol. The van der Waals surface area contributed by atoms with Crippen LogP contribution in [0.5, 0.6) is 0 Å². The Labute approximate surface area is 126 Å². The van der Waals surface area contributed by atoms with Gasteiger partial charge in [0.2, 0.25) is 5.89 Å². The van der Waals surface area contributed by atoms with Gasteiger partial charge in [0.15, 0.2) is 0 Å². The number of rotatable bonds is 5. The van der Waals surface area contributed by atoms with Gasteiger partial charge in [0.1, 0.15) is 11.6 Å². The van der Waals surface area contributed by atoms with Gasteiger partial charge in [0.05, 0.1) is 12.7 Å². The normalized spacial score (nSPS) is 11.7. The van der Waals surface area contributed by atoms with Gasteiger partial charge in [-0.15, -0.1) is 0 Å². The molecule has 0 aliphatic carbocycles. The lowest BCUT2D eigenvalue weighted by Crippen LogP contribution is -2.14. The molecule has 2 heterocycles. The zero-order valence-electron chi connectivity index (χ0n) is 13.5. The molecule has 0 aliphatic heterocycles. The van der Waals surface area contributed by atoms with Crippen LogP contribution in [0.4, 0.5) is 5.82 Å². The van der Waals surface area contributed by atoms with Crippen molar-refractivity contribution in [3.05, 3.63) is 41.7 Å². The Morgan fingerprint density at radius 2 is 1.86 bits per heavy atom. The van der Waals surface area contributed by atoms with Crippen LogP contribution in [-0.4, -0.2) is 24.1 Å². The van der Waals surface area contributed by atoms with E-state index in [2.05, 4.69) is 42.1 Å². The summed E-state index contributed by atoms with van der Waals surface area (Å²) in [7, 11) is 3.96. The Kier molecular flexibility index (Phi) is 4.63. The van der Waals surface area contributed by atoms with E-state index < -0.39 is 0 Å². The summed E-state index contributed by atoms with van der Waals surface area (Å²) in [6.45, 7) is 7.70. The first kappa shape index (κ1) is 15.5. The van der Waals surface area contributed by atoms with Crippen LogP contribution in [0.2, 0.25) is 0 Å². The number of anilines is 1. The fraction of sp³-hybridized carbons (Fsp3) is 0.500. The van der Waals surface area contributed by atoms with Gasteiger partial charge in [-0.25, -0.2) is 9.97 Å². The number of nitrogens with zero attached hydrogens (tertiary/aromatic N) is 3. The third-order valence-corrected chi connectivity index (χ3v) is 3.17. The predicted octanol–water partition coefficient (Wildman–Crippen LogP) is 2.72. The average molecular weight is 288 g/mol. The van der Waals surface area contributed by atoms with Crippen molar-refractivity contribution in [1.29, 1.82) is 0 Å². The standard InChI is InChI=1S/C16H24N4O/c1-16(2,3)13-10-19-15(21-13)11-17-8-12-6-7-14(18-9-12)20(4)5/h6-7,9-10,17H,8,11H2,1-5H3. The molecule has 0 aliphatic rings. The van der Waals surface area contributed by atoms with Crippen molar-refractivity contribution >= 4 is 5.82 Å². The van der Waals surface area contributed by atoms with Crippen molar-refractivity contribution in [1.82, 2.24) is 15.3 Å². The van der Waals surface area contributed by atoms with E-state index in [1.54, 1.807) is 0 Å². The molecule has 0 radical (unpaired) electrons. The maximum atomic E-state index is 5.74. The number of hydrogen-bond acceptors (Lipinski definition) is 5.